The zero-order chi connectivity index (χ0) is 32.3. The summed E-state index contributed by atoms with van der Waals surface area (Å²) >= 11 is 0. The molecule has 0 aromatic heterocycles. The Labute approximate surface area is 251 Å². The number of unbranched alkanes of at least 4 members (excludes halogenated alkanes) is 3. The Morgan fingerprint density at radius 1 is 0.581 bits per heavy atom. The average Bonchev–Trinajstić information content (AvgIpc) is 2.98. The van der Waals surface area contributed by atoms with Gasteiger partial charge in [-0.05, 0) is 17.6 Å². The number of benzene rings is 3. The van der Waals surface area contributed by atoms with Gasteiger partial charge in [0.05, 0.1) is 24.2 Å². The van der Waals surface area contributed by atoms with Gasteiger partial charge in [-0.15, -0.1) is 0 Å². The number of halogens is 8. The molecule has 0 fully saturated rings. The predicted octanol–water partition coefficient (Wildman–Crippen LogP) is 12.1. The molecule has 0 heterocycles. The van der Waals surface area contributed by atoms with Crippen LogP contribution in [0.2, 0.25) is 41.8 Å². The molecule has 1 atom stereocenters. The summed E-state index contributed by atoms with van der Waals surface area (Å²) in [6, 6.07) is 6.84. The Morgan fingerprint density at radius 3 is 1.70 bits per heavy atom. The number of hydrogen-bond donors (Lipinski definition) is 0. The molecule has 0 aliphatic carbocycles. The first-order valence-electron chi connectivity index (χ1n) is 15.3. The molecule has 0 bridgehead atoms. The molecule has 0 saturated carbocycles. The monoisotopic (exact) mass is 649 g/mol. The second kappa shape index (κ2) is 14.3. The number of rotatable bonds is 15. The van der Waals surface area contributed by atoms with Crippen molar-refractivity contribution in [3.8, 4) is 5.75 Å². The molecule has 1 nitrogen and oxygen atoms in total. The van der Waals surface area contributed by atoms with Crippen molar-refractivity contribution < 1.29 is 39.5 Å². The Morgan fingerprint density at radius 2 is 1.14 bits per heavy atom. The average molecular weight is 650 g/mol. The Balaban J connectivity index is 2.23. The lowest BCUT2D eigenvalue weighted by Crippen LogP contribution is -2.46. The Bertz CT molecular complexity index is 1450. The molecule has 0 saturated heterocycles. The number of fused-ring (bicyclic) bond motifs is 2. The second-order valence-electron chi connectivity index (χ2n) is 12.0. The van der Waals surface area contributed by atoms with E-state index in [0.29, 0.717) is 12.1 Å². The van der Waals surface area contributed by atoms with Crippen molar-refractivity contribution in [3.63, 3.8) is 0 Å². The van der Waals surface area contributed by atoms with Crippen LogP contribution in [-0.4, -0.2) is 16.4 Å². The summed E-state index contributed by atoms with van der Waals surface area (Å²) in [6.45, 7) is 12.4. The van der Waals surface area contributed by atoms with Crippen LogP contribution in [0.15, 0.2) is 0 Å². The first-order valence-corrected chi connectivity index (χ1v) is 20.5. The van der Waals surface area contributed by atoms with Crippen LogP contribution in [0.3, 0.4) is 0 Å². The van der Waals surface area contributed by atoms with Crippen molar-refractivity contribution in [3.05, 3.63) is 52.6 Å². The summed E-state index contributed by atoms with van der Waals surface area (Å²) in [5.41, 5.74) is -0.171. The first kappa shape index (κ1) is 35.3. The highest BCUT2D eigenvalue weighted by Crippen LogP contribution is 2.44. The third-order valence-electron chi connectivity index (χ3n) is 9.62. The van der Waals surface area contributed by atoms with Crippen LogP contribution < -0.4 is 4.43 Å². The van der Waals surface area contributed by atoms with Gasteiger partial charge in [0.15, 0.2) is 34.8 Å². The molecule has 3 rings (SSSR count). The van der Waals surface area contributed by atoms with E-state index >= 15 is 22.0 Å². The fraction of sp³-hybridized carbons (Fsp3) is 0.562. The summed E-state index contributed by atoms with van der Waals surface area (Å²) < 4.78 is 127. The molecule has 11 heteroatoms. The molecular formula is C32H41F8OSi2. The van der Waals surface area contributed by atoms with Gasteiger partial charge in [0.25, 0.3) is 8.32 Å². The number of hydrogen-bond acceptors (Lipinski definition) is 1. The van der Waals surface area contributed by atoms with Crippen LogP contribution >= 0.6 is 0 Å². The van der Waals surface area contributed by atoms with Gasteiger partial charge in [0.2, 0.25) is 5.82 Å². The molecule has 1 radical (unpaired) electrons. The van der Waals surface area contributed by atoms with Crippen molar-refractivity contribution in [1.29, 1.82) is 0 Å². The maximum Gasteiger partial charge on any atom is 0.254 e. The second-order valence-corrected chi connectivity index (χ2v) is 22.1. The van der Waals surface area contributed by atoms with Crippen molar-refractivity contribution >= 4 is 37.9 Å². The van der Waals surface area contributed by atoms with E-state index in [1.807, 2.05) is 13.8 Å². The Kier molecular flexibility index (Phi) is 11.8. The maximum atomic E-state index is 16.1. The zero-order valence-corrected chi connectivity index (χ0v) is 27.8. The smallest absolute Gasteiger partial charge is 0.254 e. The van der Waals surface area contributed by atoms with Gasteiger partial charge in [-0.25, -0.2) is 30.7 Å². The van der Waals surface area contributed by atoms with Crippen LogP contribution in [0.25, 0.3) is 21.5 Å². The molecule has 1 unspecified atom stereocenters. The maximum absolute atomic E-state index is 16.1. The van der Waals surface area contributed by atoms with Crippen LogP contribution in [0, 0.1) is 52.6 Å². The first-order chi connectivity index (χ1) is 20.3. The molecule has 43 heavy (non-hydrogen) atoms. The highest BCUT2D eigenvalue weighted by atomic mass is 28.4. The van der Waals surface area contributed by atoms with E-state index in [1.54, 1.807) is 0 Å². The van der Waals surface area contributed by atoms with E-state index in [0.717, 1.165) is 56.3 Å². The summed E-state index contributed by atoms with van der Waals surface area (Å²) in [5, 5.41) is -5.67. The molecule has 0 aliphatic rings. The van der Waals surface area contributed by atoms with Crippen LogP contribution in [-0.2, 0) is 0 Å². The largest absolute Gasteiger partial charge is 0.539 e. The van der Waals surface area contributed by atoms with Gasteiger partial charge >= 0.3 is 0 Å². The van der Waals surface area contributed by atoms with Crippen molar-refractivity contribution in [2.75, 3.05) is 0 Å². The van der Waals surface area contributed by atoms with Gasteiger partial charge in [-0.1, -0.05) is 97.8 Å². The molecule has 3 aromatic rings. The standard InChI is InChI=1S/C32H41F8OSi2/c1-7-11-12-13-16-43(19(5)6,17-14-15-42(8-2,9-3)10-4)41-32-30(39)24-23(29(38)31(32)40)25(34)20-18-21(33)26(35)28(37)22(20)27(24)36/h19H,7-17H2,1-6H3. The van der Waals surface area contributed by atoms with E-state index in [1.165, 1.54) is 6.07 Å². The van der Waals surface area contributed by atoms with Gasteiger partial charge in [-0.2, -0.15) is 4.39 Å². The van der Waals surface area contributed by atoms with Crippen LogP contribution in [0.1, 0.15) is 73.6 Å². The van der Waals surface area contributed by atoms with Gasteiger partial charge in [-0.3, -0.25) is 0 Å². The van der Waals surface area contributed by atoms with Gasteiger partial charge in [0.1, 0.15) is 11.6 Å². The van der Waals surface area contributed by atoms with Gasteiger partial charge in [0, 0.05) is 11.5 Å². The molecule has 0 N–H and O–H groups in total. The third kappa shape index (κ3) is 6.62. The third-order valence-corrected chi connectivity index (χ3v) is 20.6. The van der Waals surface area contributed by atoms with Crippen molar-refractivity contribution in [2.24, 2.45) is 0 Å². The van der Waals surface area contributed by atoms with Crippen LogP contribution in [0.5, 0.6) is 5.75 Å². The van der Waals surface area contributed by atoms with E-state index < -0.39 is 90.2 Å². The Hall–Kier alpha value is -2.15. The zero-order valence-electron chi connectivity index (χ0n) is 25.8. The minimum Gasteiger partial charge on any atom is -0.539 e. The van der Waals surface area contributed by atoms with E-state index in [9.17, 15) is 13.2 Å². The van der Waals surface area contributed by atoms with E-state index in [2.05, 4.69) is 27.7 Å². The summed E-state index contributed by atoms with van der Waals surface area (Å²) in [5.74, 6) is -16.8. The lowest BCUT2D eigenvalue weighted by atomic mass is 9.99. The SMILES string of the molecule is CCCCCC[Si](CCC[Si](CC)(CC)CC)(Oc1c(F)c(F)c2c(F)c3[c]c(F)c(F)c(F)c3c(F)c2c1F)C(C)C. The van der Waals surface area contributed by atoms with E-state index in [-0.39, 0.29) is 5.54 Å². The van der Waals surface area contributed by atoms with E-state index in [4.69, 9.17) is 4.43 Å². The molecule has 0 spiro atoms. The minimum atomic E-state index is -3.12. The van der Waals surface area contributed by atoms with Gasteiger partial charge < -0.3 is 4.43 Å². The summed E-state index contributed by atoms with van der Waals surface area (Å²) in [7, 11) is -4.65. The van der Waals surface area contributed by atoms with Crippen molar-refractivity contribution in [2.45, 2.75) is 115 Å². The lowest BCUT2D eigenvalue weighted by Gasteiger charge is -2.37. The summed E-state index contributed by atoms with van der Waals surface area (Å²) in [4.78, 5) is 0. The highest BCUT2D eigenvalue weighted by Gasteiger charge is 2.43. The highest BCUT2D eigenvalue weighted by molar-refractivity contribution is 6.80. The quantitative estimate of drug-likeness (QED) is 0.0398. The normalized spacial score (nSPS) is 13.8. The molecule has 0 aliphatic heterocycles. The molecular weight excluding hydrogens is 609 g/mol. The van der Waals surface area contributed by atoms with Crippen molar-refractivity contribution in [1.82, 2.24) is 0 Å². The topological polar surface area (TPSA) is 9.23 Å². The molecule has 3 aromatic carbocycles. The fourth-order valence-electron chi connectivity index (χ4n) is 6.32. The fourth-order valence-corrected chi connectivity index (χ4v) is 14.2. The minimum absolute atomic E-state index is 0.171. The summed E-state index contributed by atoms with van der Waals surface area (Å²) in [6.07, 6.45) is 4.25. The molecule has 0 amide bonds. The van der Waals surface area contributed by atoms with Crippen LogP contribution in [0.4, 0.5) is 35.1 Å². The molecule has 239 valence electrons. The lowest BCUT2D eigenvalue weighted by molar-refractivity contribution is 0.407. The predicted molar refractivity (Wildman–Crippen MR) is 162 cm³/mol.